The fraction of sp³-hybridized carbons (Fsp3) is 0.611. The first-order valence-electron chi connectivity index (χ1n) is 25.7. The van der Waals surface area contributed by atoms with Crippen molar-refractivity contribution >= 4 is 32.7 Å². The van der Waals surface area contributed by atoms with E-state index in [1.54, 1.807) is 36.5 Å². The van der Waals surface area contributed by atoms with Crippen molar-refractivity contribution in [2.75, 3.05) is 39.5 Å². The molecule has 13 nitrogen and oxygen atoms in total. The standard InChI is InChI=1S/C54H78N4O9S/c1-5-9-10-11-12-13-14-15-16-19-31-56-53(61)66-42-29-30-47-45(38-42)50-43(27-18-21-35-60)41(24-17-20-34-59)37-44-46(57-65-8-4)39-49(54(67-47,51(44)50)64-36-7-3)58(33-6-2)68(62,63)48-28-22-25-40-26-23-32-55-52(40)48/h7,22-23,25-26,28-30,32,37-38,41,43,49-51,59-60H,3,5-6,8-21,24,27,31,33-36,39H2,1-2,4H3,(H,56,61). The van der Waals surface area contributed by atoms with Crippen molar-refractivity contribution in [1.29, 1.82) is 0 Å². The number of fused-ring (bicyclic) bond motifs is 3. The van der Waals surface area contributed by atoms with Gasteiger partial charge in [0.25, 0.3) is 0 Å². The minimum absolute atomic E-state index is 0.00842. The second-order valence-corrected chi connectivity index (χ2v) is 20.5. The molecule has 3 aliphatic rings. The van der Waals surface area contributed by atoms with E-state index in [9.17, 15) is 15.0 Å². The summed E-state index contributed by atoms with van der Waals surface area (Å²) in [6.45, 7) is 11.2. The first kappa shape index (κ1) is 53.0. The van der Waals surface area contributed by atoms with Crippen LogP contribution in [0.3, 0.4) is 0 Å². The summed E-state index contributed by atoms with van der Waals surface area (Å²) >= 11 is 0. The summed E-state index contributed by atoms with van der Waals surface area (Å²) in [5.41, 5.74) is 2.67. The number of hydrogen-bond donors (Lipinski definition) is 3. The summed E-state index contributed by atoms with van der Waals surface area (Å²) < 4.78 is 52.9. The molecule has 1 aliphatic heterocycles. The minimum Gasteiger partial charge on any atom is -0.460 e. The van der Waals surface area contributed by atoms with Crippen molar-refractivity contribution in [1.82, 2.24) is 14.6 Å². The molecule has 68 heavy (non-hydrogen) atoms. The van der Waals surface area contributed by atoms with Crippen molar-refractivity contribution in [2.24, 2.45) is 22.9 Å². The van der Waals surface area contributed by atoms with Crippen LogP contribution in [0.25, 0.3) is 10.9 Å². The summed E-state index contributed by atoms with van der Waals surface area (Å²) in [5.74, 6) is -1.72. The van der Waals surface area contributed by atoms with E-state index in [1.165, 1.54) is 49.3 Å². The number of carbonyl (C=O) groups is 1. The number of aliphatic hydroxyl groups excluding tert-OH is 2. The molecular weight excluding hydrogens is 881 g/mol. The van der Waals surface area contributed by atoms with Crippen LogP contribution in [0, 0.1) is 17.8 Å². The van der Waals surface area contributed by atoms with E-state index in [0.29, 0.717) is 60.5 Å². The third kappa shape index (κ3) is 12.7. The number of rotatable bonds is 30. The highest BCUT2D eigenvalue weighted by atomic mass is 32.2. The SMILES string of the molecule is C=CCOC12Oc3ccc(OC(=O)NCCCCCCCCCCCC)cc3C3C(CCCCO)C(CCCCO)C=C(C(=NOCC)CC1N(CCC)S(=O)(=O)c1cccc4cccnc14)C32. The van der Waals surface area contributed by atoms with Crippen molar-refractivity contribution in [2.45, 2.75) is 159 Å². The lowest BCUT2D eigenvalue weighted by atomic mass is 9.55. The third-order valence-electron chi connectivity index (χ3n) is 13.9. The number of allylic oxidation sites excluding steroid dienone is 1. The van der Waals surface area contributed by atoms with Gasteiger partial charge in [-0.05, 0) is 93.2 Å². The van der Waals surface area contributed by atoms with Crippen LogP contribution < -0.4 is 14.8 Å². The van der Waals surface area contributed by atoms with E-state index in [1.807, 2.05) is 38.1 Å². The molecule has 0 radical (unpaired) electrons. The van der Waals surface area contributed by atoms with Crippen LogP contribution in [0.5, 0.6) is 11.5 Å². The van der Waals surface area contributed by atoms with Crippen molar-refractivity contribution in [3.63, 3.8) is 0 Å². The molecule has 0 spiro atoms. The van der Waals surface area contributed by atoms with Gasteiger partial charge in [0.2, 0.25) is 15.8 Å². The smallest absolute Gasteiger partial charge is 0.412 e. The van der Waals surface area contributed by atoms with E-state index in [4.69, 9.17) is 24.2 Å². The van der Waals surface area contributed by atoms with Gasteiger partial charge in [-0.15, -0.1) is 6.58 Å². The van der Waals surface area contributed by atoms with Crippen LogP contribution in [0.4, 0.5) is 4.79 Å². The molecule has 2 aromatic carbocycles. The maximum Gasteiger partial charge on any atom is 0.412 e. The highest BCUT2D eigenvalue weighted by Gasteiger charge is 2.66. The van der Waals surface area contributed by atoms with Crippen LogP contribution >= 0.6 is 0 Å². The lowest BCUT2D eigenvalue weighted by Gasteiger charge is -2.59. The second-order valence-electron chi connectivity index (χ2n) is 18.6. The molecule has 6 rings (SSSR count). The van der Waals surface area contributed by atoms with E-state index in [-0.39, 0.29) is 55.4 Å². The summed E-state index contributed by atoms with van der Waals surface area (Å²) in [6.07, 6.45) is 21.9. The Morgan fingerprint density at radius 2 is 1.65 bits per heavy atom. The zero-order valence-corrected chi connectivity index (χ0v) is 41.7. The summed E-state index contributed by atoms with van der Waals surface area (Å²) in [7, 11) is -4.29. The Hall–Kier alpha value is -4.34. The highest BCUT2D eigenvalue weighted by Crippen LogP contribution is 2.62. The van der Waals surface area contributed by atoms with Gasteiger partial charge in [0.1, 0.15) is 23.0 Å². The Balaban J connectivity index is 1.42. The van der Waals surface area contributed by atoms with Gasteiger partial charge in [0.05, 0.1) is 29.8 Å². The minimum atomic E-state index is -4.29. The topological polar surface area (TPSA) is 169 Å². The highest BCUT2D eigenvalue weighted by molar-refractivity contribution is 7.89. The molecular formula is C54H78N4O9S. The van der Waals surface area contributed by atoms with Crippen LogP contribution in [0.2, 0.25) is 0 Å². The number of hydrogen-bond acceptors (Lipinski definition) is 11. The van der Waals surface area contributed by atoms with Gasteiger partial charge in [-0.25, -0.2) is 13.2 Å². The summed E-state index contributed by atoms with van der Waals surface area (Å²) in [6, 6.07) is 13.3. The first-order valence-corrected chi connectivity index (χ1v) is 27.1. The number of nitrogens with zero attached hydrogens (tertiary/aromatic N) is 3. The molecule has 14 heteroatoms. The Morgan fingerprint density at radius 3 is 2.35 bits per heavy atom. The van der Waals surface area contributed by atoms with Gasteiger partial charge in [0.15, 0.2) is 0 Å². The molecule has 0 saturated heterocycles. The number of amides is 1. The Morgan fingerprint density at radius 1 is 0.926 bits per heavy atom. The lowest BCUT2D eigenvalue weighted by molar-refractivity contribution is -0.251. The number of carbonyl (C=O) groups excluding carboxylic acids is 1. The average Bonchev–Trinajstić information content (AvgIpc) is 3.34. The molecule has 0 bridgehead atoms. The van der Waals surface area contributed by atoms with Gasteiger partial charge in [-0.3, -0.25) is 4.98 Å². The van der Waals surface area contributed by atoms with E-state index < -0.39 is 33.9 Å². The average molecular weight is 959 g/mol. The van der Waals surface area contributed by atoms with E-state index in [2.05, 4.69) is 29.9 Å². The molecule has 6 atom stereocenters. The molecule has 2 heterocycles. The fourth-order valence-corrected chi connectivity index (χ4v) is 12.7. The lowest BCUT2D eigenvalue weighted by Crippen LogP contribution is -2.70. The number of benzene rings is 2. The van der Waals surface area contributed by atoms with Gasteiger partial charge in [0, 0.05) is 55.8 Å². The number of ether oxygens (including phenoxy) is 3. The van der Waals surface area contributed by atoms with Gasteiger partial charge >= 0.3 is 6.09 Å². The monoisotopic (exact) mass is 959 g/mol. The maximum absolute atomic E-state index is 15.5. The molecule has 3 N–H and O–H groups in total. The van der Waals surface area contributed by atoms with Gasteiger partial charge in [-0.2, -0.15) is 4.31 Å². The molecule has 1 aromatic heterocycles. The van der Waals surface area contributed by atoms with Crippen molar-refractivity contribution in [3.05, 3.63) is 84.6 Å². The number of oxime groups is 1. The Kier molecular flexibility index (Phi) is 20.7. The van der Waals surface area contributed by atoms with Crippen LogP contribution in [0.15, 0.2) is 89.1 Å². The molecule has 1 amide bonds. The Bertz CT molecular complexity index is 2250. The van der Waals surface area contributed by atoms with Crippen molar-refractivity contribution < 1.29 is 42.5 Å². The third-order valence-corrected chi connectivity index (χ3v) is 15.9. The zero-order chi connectivity index (χ0) is 48.4. The van der Waals surface area contributed by atoms with Crippen LogP contribution in [-0.2, 0) is 19.6 Å². The summed E-state index contributed by atoms with van der Waals surface area (Å²) in [5, 5.41) is 28.4. The molecule has 3 aromatic rings. The normalized spacial score (nSPS) is 22.6. The number of para-hydroxylation sites is 1. The maximum atomic E-state index is 15.5. The Labute approximate surface area is 405 Å². The zero-order valence-electron chi connectivity index (χ0n) is 40.9. The number of sulfonamides is 1. The van der Waals surface area contributed by atoms with Gasteiger partial charge in [-0.1, -0.05) is 120 Å². The fourth-order valence-electron chi connectivity index (χ4n) is 10.9. The summed E-state index contributed by atoms with van der Waals surface area (Å²) in [4.78, 5) is 23.9. The predicted octanol–water partition coefficient (Wildman–Crippen LogP) is 11.0. The quantitative estimate of drug-likeness (QED) is 0.0332. The molecule has 2 aliphatic carbocycles. The van der Waals surface area contributed by atoms with Crippen molar-refractivity contribution in [3.8, 4) is 11.5 Å². The number of aliphatic hydroxyl groups is 2. The largest absolute Gasteiger partial charge is 0.460 e. The number of nitrogens with one attached hydrogen (secondary N) is 1. The number of pyridine rings is 1. The molecule has 374 valence electrons. The number of unbranched alkanes of at least 4 members (excludes halogenated alkanes) is 11. The molecule has 6 unspecified atom stereocenters. The van der Waals surface area contributed by atoms with Gasteiger partial charge < -0.3 is 34.6 Å². The van der Waals surface area contributed by atoms with Crippen LogP contribution in [-0.4, -0.2) is 91.1 Å². The van der Waals surface area contributed by atoms with E-state index >= 15 is 8.42 Å². The second kappa shape index (κ2) is 26.6. The number of aromatic nitrogens is 1. The first-order chi connectivity index (χ1) is 33.2. The molecule has 1 saturated carbocycles. The van der Waals surface area contributed by atoms with E-state index in [0.717, 1.165) is 56.1 Å². The predicted molar refractivity (Wildman–Crippen MR) is 268 cm³/mol. The molecule has 1 fully saturated rings. The van der Waals surface area contributed by atoms with Crippen LogP contribution in [0.1, 0.15) is 148 Å².